The Bertz CT molecular complexity index is 1010. The molecule has 0 radical (unpaired) electrons. The Hall–Kier alpha value is -3.01. The maximum absolute atomic E-state index is 13.5. The van der Waals surface area contributed by atoms with Gasteiger partial charge in [0.2, 0.25) is 0 Å². The summed E-state index contributed by atoms with van der Waals surface area (Å²) in [7, 11) is 1.90. The predicted octanol–water partition coefficient (Wildman–Crippen LogP) is 5.38. The van der Waals surface area contributed by atoms with Gasteiger partial charge in [0.05, 0.1) is 0 Å². The smallest absolute Gasteiger partial charge is 0.135 e. The zero-order chi connectivity index (χ0) is 16.5. The van der Waals surface area contributed by atoms with E-state index in [0.29, 0.717) is 5.58 Å². The molecule has 0 saturated carbocycles. The number of anilines is 2. The number of benzene rings is 3. The van der Waals surface area contributed by atoms with Crippen LogP contribution in [-0.4, -0.2) is 7.05 Å². The fourth-order valence-corrected chi connectivity index (χ4v) is 2.85. The Morgan fingerprint density at radius 3 is 2.25 bits per heavy atom. The molecule has 120 valence electrons. The van der Waals surface area contributed by atoms with Gasteiger partial charge in [-0.25, -0.2) is 4.39 Å². The summed E-state index contributed by atoms with van der Waals surface area (Å²) < 4.78 is 19.3. The molecule has 0 saturated heterocycles. The molecule has 0 fully saturated rings. The number of halogens is 1. The van der Waals surface area contributed by atoms with E-state index in [1.807, 2.05) is 37.4 Å². The van der Waals surface area contributed by atoms with E-state index < -0.39 is 0 Å². The molecule has 0 amide bonds. The quantitative estimate of drug-likeness (QED) is 0.530. The maximum atomic E-state index is 13.5. The number of rotatable bonds is 4. The highest BCUT2D eigenvalue weighted by atomic mass is 19.1. The normalized spacial score (nSPS) is 11.1. The van der Waals surface area contributed by atoms with Crippen LogP contribution in [0.4, 0.5) is 15.8 Å². The first-order valence-electron chi connectivity index (χ1n) is 7.85. The molecule has 4 rings (SSSR count). The van der Waals surface area contributed by atoms with Crippen LogP contribution in [0.25, 0.3) is 21.9 Å². The number of furan rings is 1. The molecular formula is C20H17FN2O. The minimum atomic E-state index is -0.256. The molecule has 0 bridgehead atoms. The van der Waals surface area contributed by atoms with Crippen molar-refractivity contribution in [2.45, 2.75) is 6.54 Å². The molecule has 0 unspecified atom stereocenters. The van der Waals surface area contributed by atoms with Gasteiger partial charge in [-0.05, 0) is 54.1 Å². The lowest BCUT2D eigenvalue weighted by atomic mass is 10.1. The van der Waals surface area contributed by atoms with E-state index in [2.05, 4.69) is 22.8 Å². The number of hydrogen-bond donors (Lipinski definition) is 2. The number of fused-ring (bicyclic) bond motifs is 3. The largest absolute Gasteiger partial charge is 0.456 e. The Kier molecular flexibility index (Phi) is 3.58. The third-order valence-electron chi connectivity index (χ3n) is 4.17. The number of nitrogens with one attached hydrogen (secondary N) is 2. The van der Waals surface area contributed by atoms with Gasteiger partial charge >= 0.3 is 0 Å². The van der Waals surface area contributed by atoms with E-state index >= 15 is 0 Å². The van der Waals surface area contributed by atoms with Crippen molar-refractivity contribution in [1.82, 2.24) is 0 Å². The number of hydrogen-bond acceptors (Lipinski definition) is 3. The molecule has 0 spiro atoms. The second-order valence-corrected chi connectivity index (χ2v) is 5.75. The van der Waals surface area contributed by atoms with Crippen molar-refractivity contribution in [3.63, 3.8) is 0 Å². The van der Waals surface area contributed by atoms with Crippen LogP contribution in [0.3, 0.4) is 0 Å². The van der Waals surface area contributed by atoms with Gasteiger partial charge in [-0.15, -0.1) is 0 Å². The Morgan fingerprint density at radius 2 is 1.50 bits per heavy atom. The maximum Gasteiger partial charge on any atom is 0.135 e. The lowest BCUT2D eigenvalue weighted by Gasteiger charge is -2.07. The van der Waals surface area contributed by atoms with Crippen LogP contribution in [-0.2, 0) is 6.54 Å². The van der Waals surface area contributed by atoms with Gasteiger partial charge in [0.25, 0.3) is 0 Å². The van der Waals surface area contributed by atoms with Crippen molar-refractivity contribution in [1.29, 1.82) is 0 Å². The molecule has 24 heavy (non-hydrogen) atoms. The molecule has 0 aliphatic heterocycles. The van der Waals surface area contributed by atoms with Crippen molar-refractivity contribution in [3.8, 4) is 0 Å². The molecule has 1 heterocycles. The van der Waals surface area contributed by atoms with Gasteiger partial charge in [-0.3, -0.25) is 0 Å². The van der Waals surface area contributed by atoms with Crippen LogP contribution >= 0.6 is 0 Å². The van der Waals surface area contributed by atoms with E-state index in [1.165, 1.54) is 17.7 Å². The highest BCUT2D eigenvalue weighted by Crippen LogP contribution is 2.31. The van der Waals surface area contributed by atoms with Gasteiger partial charge < -0.3 is 15.1 Å². The average Bonchev–Trinajstić information content (AvgIpc) is 2.97. The lowest BCUT2D eigenvalue weighted by Crippen LogP contribution is -1.99. The lowest BCUT2D eigenvalue weighted by molar-refractivity contribution is 0.626. The van der Waals surface area contributed by atoms with Crippen molar-refractivity contribution in [2.75, 3.05) is 17.7 Å². The summed E-state index contributed by atoms with van der Waals surface area (Å²) in [5.41, 5.74) is 4.72. The van der Waals surface area contributed by atoms with Crippen LogP contribution < -0.4 is 10.6 Å². The first-order chi connectivity index (χ1) is 11.7. The minimum absolute atomic E-state index is 0.256. The van der Waals surface area contributed by atoms with Crippen LogP contribution in [0.5, 0.6) is 0 Å². The summed E-state index contributed by atoms with van der Waals surface area (Å²) in [4.78, 5) is 0. The van der Waals surface area contributed by atoms with Crippen LogP contribution in [0.2, 0.25) is 0 Å². The van der Waals surface area contributed by atoms with Gasteiger partial charge in [0, 0.05) is 35.7 Å². The van der Waals surface area contributed by atoms with Crippen molar-refractivity contribution in [3.05, 3.63) is 72.0 Å². The summed E-state index contributed by atoms with van der Waals surface area (Å²) >= 11 is 0. The average molecular weight is 320 g/mol. The molecular weight excluding hydrogens is 303 g/mol. The fraction of sp³-hybridized carbons (Fsp3) is 0.100. The summed E-state index contributed by atoms with van der Waals surface area (Å²) in [6, 6.07) is 18.8. The first kappa shape index (κ1) is 14.6. The van der Waals surface area contributed by atoms with E-state index in [0.717, 1.165) is 34.3 Å². The van der Waals surface area contributed by atoms with Gasteiger partial charge in [0.15, 0.2) is 0 Å². The molecule has 3 nitrogen and oxygen atoms in total. The Balaban J connectivity index is 1.61. The minimum Gasteiger partial charge on any atom is -0.456 e. The van der Waals surface area contributed by atoms with Gasteiger partial charge in [0.1, 0.15) is 17.0 Å². The third-order valence-corrected chi connectivity index (χ3v) is 4.17. The summed E-state index contributed by atoms with van der Waals surface area (Å²) in [6.07, 6.45) is 0. The monoisotopic (exact) mass is 320 g/mol. The molecule has 1 aromatic heterocycles. The SMILES string of the molecule is CNc1ccc(CNc2ccc3oc4ccc(F)cc4c3c2)cc1. The van der Waals surface area contributed by atoms with Gasteiger partial charge in [-0.1, -0.05) is 12.1 Å². The predicted molar refractivity (Wildman–Crippen MR) is 97.0 cm³/mol. The van der Waals surface area contributed by atoms with E-state index in [9.17, 15) is 4.39 Å². The first-order valence-corrected chi connectivity index (χ1v) is 7.85. The topological polar surface area (TPSA) is 37.2 Å². The zero-order valence-corrected chi connectivity index (χ0v) is 13.3. The second kappa shape index (κ2) is 5.89. The second-order valence-electron chi connectivity index (χ2n) is 5.75. The Labute approximate surface area is 139 Å². The van der Waals surface area contributed by atoms with E-state index in [-0.39, 0.29) is 5.82 Å². The molecule has 4 heteroatoms. The van der Waals surface area contributed by atoms with Crippen LogP contribution in [0.1, 0.15) is 5.56 Å². The van der Waals surface area contributed by atoms with Crippen molar-refractivity contribution < 1.29 is 8.81 Å². The molecule has 3 aromatic carbocycles. The van der Waals surface area contributed by atoms with Crippen LogP contribution in [0, 0.1) is 5.82 Å². The summed E-state index contributed by atoms with van der Waals surface area (Å²) in [5.74, 6) is -0.256. The highest BCUT2D eigenvalue weighted by Gasteiger charge is 2.08. The van der Waals surface area contributed by atoms with E-state index in [4.69, 9.17) is 4.42 Å². The third kappa shape index (κ3) is 2.67. The Morgan fingerprint density at radius 1 is 0.833 bits per heavy atom. The molecule has 0 atom stereocenters. The summed E-state index contributed by atoms with van der Waals surface area (Å²) in [5, 5.41) is 8.22. The standard InChI is InChI=1S/C20H17FN2O/c1-22-15-5-2-13(3-6-15)12-23-16-7-9-20-18(11-16)17-10-14(21)4-8-19(17)24-20/h2-11,22-23H,12H2,1H3. The van der Waals surface area contributed by atoms with Crippen molar-refractivity contribution in [2.24, 2.45) is 0 Å². The summed E-state index contributed by atoms with van der Waals surface area (Å²) in [6.45, 7) is 0.722. The highest BCUT2D eigenvalue weighted by molar-refractivity contribution is 6.05. The molecule has 0 aliphatic rings. The van der Waals surface area contributed by atoms with E-state index in [1.54, 1.807) is 6.07 Å². The zero-order valence-electron chi connectivity index (χ0n) is 13.3. The van der Waals surface area contributed by atoms with Crippen molar-refractivity contribution >= 4 is 33.3 Å². The van der Waals surface area contributed by atoms with Crippen LogP contribution in [0.15, 0.2) is 65.1 Å². The van der Waals surface area contributed by atoms with Gasteiger partial charge in [-0.2, -0.15) is 0 Å². The molecule has 2 N–H and O–H groups in total. The molecule has 0 aliphatic carbocycles. The molecule has 4 aromatic rings. The fourth-order valence-electron chi connectivity index (χ4n) is 2.85.